The fraction of sp³-hybridized carbons (Fsp3) is 0.400. The van der Waals surface area contributed by atoms with Gasteiger partial charge in [0.1, 0.15) is 0 Å². The van der Waals surface area contributed by atoms with Gasteiger partial charge in [-0.2, -0.15) is 0 Å². The van der Waals surface area contributed by atoms with Crippen LogP contribution in [-0.2, 0) is 14.3 Å². The molecule has 0 saturated heterocycles. The summed E-state index contributed by atoms with van der Waals surface area (Å²) in [5.74, 6) is -1.84. The van der Waals surface area contributed by atoms with Crippen LogP contribution in [-0.4, -0.2) is 49.7 Å². The van der Waals surface area contributed by atoms with Crippen LogP contribution in [0.4, 0.5) is 0 Å². The van der Waals surface area contributed by atoms with Crippen molar-refractivity contribution < 1.29 is 19.4 Å². The molecule has 0 aliphatic rings. The summed E-state index contributed by atoms with van der Waals surface area (Å²) < 4.78 is 4.44. The van der Waals surface area contributed by atoms with E-state index in [0.717, 1.165) is 6.08 Å². The van der Waals surface area contributed by atoms with E-state index in [1.165, 1.54) is 13.2 Å². The van der Waals surface area contributed by atoms with E-state index >= 15 is 0 Å². The molecule has 15 heavy (non-hydrogen) atoms. The molecule has 1 N–H and O–H groups in total. The van der Waals surface area contributed by atoms with Crippen LogP contribution in [0, 0.1) is 0 Å². The highest BCUT2D eigenvalue weighted by atomic mass is 16.5. The molecule has 0 rings (SSSR count). The minimum absolute atomic E-state index is 0.0202. The van der Waals surface area contributed by atoms with Crippen LogP contribution in [0.15, 0.2) is 23.8 Å². The van der Waals surface area contributed by atoms with Crippen LogP contribution >= 0.6 is 0 Å². The Bertz CT molecular complexity index is 292. The van der Waals surface area contributed by atoms with Crippen LogP contribution in [0.25, 0.3) is 0 Å². The molecule has 0 aromatic heterocycles. The van der Waals surface area contributed by atoms with E-state index in [4.69, 9.17) is 5.11 Å². The van der Waals surface area contributed by atoms with E-state index in [0.29, 0.717) is 6.54 Å². The van der Waals surface area contributed by atoms with Crippen LogP contribution in [0.5, 0.6) is 0 Å². The lowest BCUT2D eigenvalue weighted by molar-refractivity contribution is -0.137. The molecule has 0 aromatic carbocycles. The van der Waals surface area contributed by atoms with Gasteiger partial charge in [-0.15, -0.1) is 0 Å². The van der Waals surface area contributed by atoms with Gasteiger partial charge in [0.2, 0.25) is 0 Å². The first-order valence-corrected chi connectivity index (χ1v) is 4.31. The molecular weight excluding hydrogens is 198 g/mol. The third kappa shape index (κ3) is 6.45. The Morgan fingerprint density at radius 1 is 1.40 bits per heavy atom. The number of hydrogen-bond donors (Lipinski definition) is 1. The molecule has 0 heterocycles. The summed E-state index contributed by atoms with van der Waals surface area (Å²) in [5.41, 5.74) is 0.0202. The van der Waals surface area contributed by atoms with Gasteiger partial charge >= 0.3 is 11.9 Å². The number of carbonyl (C=O) groups excluding carboxylic acids is 1. The van der Waals surface area contributed by atoms with Gasteiger partial charge < -0.3 is 14.7 Å². The third-order valence-corrected chi connectivity index (χ3v) is 1.47. The van der Waals surface area contributed by atoms with Crippen LogP contribution in [0.3, 0.4) is 0 Å². The summed E-state index contributed by atoms with van der Waals surface area (Å²) in [7, 11) is 4.93. The van der Waals surface area contributed by atoms with Crippen molar-refractivity contribution >= 4 is 11.9 Å². The van der Waals surface area contributed by atoms with Crippen molar-refractivity contribution in [3.8, 4) is 0 Å². The molecule has 0 bridgehead atoms. The number of carboxylic acids is 1. The molecule has 0 aliphatic carbocycles. The van der Waals surface area contributed by atoms with Crippen LogP contribution in [0.1, 0.15) is 0 Å². The maximum atomic E-state index is 11.1. The molecule has 0 aromatic rings. The van der Waals surface area contributed by atoms with E-state index in [-0.39, 0.29) is 5.57 Å². The zero-order valence-electron chi connectivity index (χ0n) is 9.06. The number of rotatable bonds is 5. The topological polar surface area (TPSA) is 66.8 Å². The normalized spacial score (nSPS) is 12.1. The van der Waals surface area contributed by atoms with Crippen molar-refractivity contribution in [3.63, 3.8) is 0 Å². The van der Waals surface area contributed by atoms with Gasteiger partial charge in [-0.25, -0.2) is 9.59 Å². The van der Waals surface area contributed by atoms with E-state index in [1.54, 1.807) is 6.08 Å². The first kappa shape index (κ1) is 13.4. The molecule has 0 unspecified atom stereocenters. The molecule has 0 fully saturated rings. The Hall–Kier alpha value is -1.62. The summed E-state index contributed by atoms with van der Waals surface area (Å²) in [6, 6.07) is 0. The van der Waals surface area contributed by atoms with Gasteiger partial charge in [-0.1, -0.05) is 12.2 Å². The Morgan fingerprint density at radius 2 is 2.00 bits per heavy atom. The highest BCUT2D eigenvalue weighted by molar-refractivity contribution is 5.98. The van der Waals surface area contributed by atoms with Crippen molar-refractivity contribution in [2.24, 2.45) is 0 Å². The minimum Gasteiger partial charge on any atom is -0.478 e. The van der Waals surface area contributed by atoms with Gasteiger partial charge in [0.15, 0.2) is 0 Å². The zero-order valence-corrected chi connectivity index (χ0v) is 9.06. The number of likely N-dealkylation sites (N-methyl/N-ethyl adjacent to an activating group) is 1. The summed E-state index contributed by atoms with van der Waals surface area (Å²) in [6.45, 7) is 0.619. The summed E-state index contributed by atoms with van der Waals surface area (Å²) in [4.78, 5) is 23.4. The summed E-state index contributed by atoms with van der Waals surface area (Å²) >= 11 is 0. The van der Waals surface area contributed by atoms with E-state index in [1.807, 2.05) is 19.0 Å². The molecule has 0 aliphatic heterocycles. The van der Waals surface area contributed by atoms with Gasteiger partial charge in [0.05, 0.1) is 12.7 Å². The van der Waals surface area contributed by atoms with Gasteiger partial charge in [0, 0.05) is 12.6 Å². The summed E-state index contributed by atoms with van der Waals surface area (Å²) in [6.07, 6.45) is 3.93. The molecule has 0 atom stereocenters. The Labute approximate surface area is 88.6 Å². The number of methoxy groups -OCH3 is 1. The maximum absolute atomic E-state index is 11.1. The largest absolute Gasteiger partial charge is 0.478 e. The van der Waals surface area contributed by atoms with Gasteiger partial charge in [0.25, 0.3) is 0 Å². The van der Waals surface area contributed by atoms with Crippen molar-refractivity contribution in [1.82, 2.24) is 4.90 Å². The van der Waals surface area contributed by atoms with Gasteiger partial charge in [-0.3, -0.25) is 0 Å². The molecule has 0 amide bonds. The molecule has 0 spiro atoms. The number of esters is 1. The average Bonchev–Trinajstić information content (AvgIpc) is 2.14. The van der Waals surface area contributed by atoms with E-state index < -0.39 is 11.9 Å². The summed E-state index contributed by atoms with van der Waals surface area (Å²) in [5, 5.41) is 8.51. The highest BCUT2D eigenvalue weighted by Crippen LogP contribution is 2.00. The average molecular weight is 213 g/mol. The van der Waals surface area contributed by atoms with Crippen LogP contribution in [0.2, 0.25) is 0 Å². The number of carbonyl (C=O) groups is 2. The maximum Gasteiger partial charge on any atom is 0.338 e. The monoisotopic (exact) mass is 213 g/mol. The molecule has 0 radical (unpaired) electrons. The van der Waals surface area contributed by atoms with Crippen molar-refractivity contribution in [2.45, 2.75) is 0 Å². The predicted molar refractivity (Wildman–Crippen MR) is 55.4 cm³/mol. The number of aliphatic carboxylic acids is 1. The first-order valence-electron chi connectivity index (χ1n) is 4.31. The SMILES string of the molecule is COC(=O)C(=C\C(=O)O)/C=C/CN(C)C. The molecule has 0 saturated carbocycles. The molecule has 5 heteroatoms. The lowest BCUT2D eigenvalue weighted by atomic mass is 10.2. The minimum atomic E-state index is -1.18. The van der Waals surface area contributed by atoms with Crippen molar-refractivity contribution in [3.05, 3.63) is 23.8 Å². The predicted octanol–water partition coefficient (Wildman–Crippen LogP) is 0.288. The fourth-order valence-corrected chi connectivity index (χ4v) is 0.816. The molecule has 84 valence electrons. The van der Waals surface area contributed by atoms with Crippen molar-refractivity contribution in [2.75, 3.05) is 27.7 Å². The standard InChI is InChI=1S/C10H15NO4/c1-11(2)6-4-5-8(7-9(12)13)10(14)15-3/h4-5,7H,6H2,1-3H3,(H,12,13)/b5-4+,8-7-. The zero-order chi connectivity index (χ0) is 11.8. The quantitative estimate of drug-likeness (QED) is 0.404. The fourth-order valence-electron chi connectivity index (χ4n) is 0.816. The highest BCUT2D eigenvalue weighted by Gasteiger charge is 2.07. The van der Waals surface area contributed by atoms with E-state index in [9.17, 15) is 9.59 Å². The Kier molecular flexibility index (Phi) is 6.05. The lowest BCUT2D eigenvalue weighted by Crippen LogP contribution is -2.11. The second kappa shape index (κ2) is 6.78. The van der Waals surface area contributed by atoms with Crippen molar-refractivity contribution in [1.29, 1.82) is 0 Å². The van der Waals surface area contributed by atoms with Crippen LogP contribution < -0.4 is 0 Å². The number of ether oxygens (including phenoxy) is 1. The van der Waals surface area contributed by atoms with Gasteiger partial charge in [-0.05, 0) is 14.1 Å². The number of nitrogens with zero attached hydrogens (tertiary/aromatic N) is 1. The smallest absolute Gasteiger partial charge is 0.338 e. The third-order valence-electron chi connectivity index (χ3n) is 1.47. The number of carboxylic acid groups (broad SMARTS) is 1. The molecular formula is C10H15NO4. The second-order valence-corrected chi connectivity index (χ2v) is 3.09. The Balaban J connectivity index is 4.59. The van der Waals surface area contributed by atoms with E-state index in [2.05, 4.69) is 4.74 Å². The number of hydrogen-bond acceptors (Lipinski definition) is 4. The molecule has 5 nitrogen and oxygen atoms in total. The second-order valence-electron chi connectivity index (χ2n) is 3.09. The lowest BCUT2D eigenvalue weighted by Gasteiger charge is -2.04. The Morgan fingerprint density at radius 3 is 2.40 bits per heavy atom. The first-order chi connectivity index (χ1) is 6.97.